The zero-order valence-electron chi connectivity index (χ0n) is 13.3. The Kier molecular flexibility index (Phi) is 4.52. The fourth-order valence-electron chi connectivity index (χ4n) is 3.31. The molecule has 0 aliphatic carbocycles. The van der Waals surface area contributed by atoms with E-state index >= 15 is 0 Å². The third-order valence-corrected chi connectivity index (χ3v) is 4.64. The Labute approximate surface area is 136 Å². The first-order chi connectivity index (χ1) is 11.1. The topological polar surface area (TPSA) is 84.7 Å². The molecule has 0 saturated carbocycles. The van der Waals surface area contributed by atoms with Crippen molar-refractivity contribution in [3.8, 4) is 5.75 Å². The van der Waals surface area contributed by atoms with E-state index in [2.05, 4.69) is 12.2 Å². The summed E-state index contributed by atoms with van der Waals surface area (Å²) in [6.45, 7) is 3.34. The molecule has 0 spiro atoms. The van der Waals surface area contributed by atoms with E-state index < -0.39 is 6.10 Å². The number of likely N-dealkylation sites (tertiary alicyclic amines) is 1. The molecular formula is C17H23N3O3. The van der Waals surface area contributed by atoms with Crippen molar-refractivity contribution in [2.45, 2.75) is 38.3 Å². The fourth-order valence-corrected chi connectivity index (χ4v) is 3.31. The minimum absolute atomic E-state index is 0.0467. The number of rotatable bonds is 3. The van der Waals surface area contributed by atoms with Crippen LogP contribution in [0.25, 0.3) is 0 Å². The largest absolute Gasteiger partial charge is 0.478 e. The van der Waals surface area contributed by atoms with E-state index in [1.54, 1.807) is 12.1 Å². The molecule has 23 heavy (non-hydrogen) atoms. The van der Waals surface area contributed by atoms with Gasteiger partial charge < -0.3 is 20.7 Å². The number of hydrogen-bond donors (Lipinski definition) is 2. The van der Waals surface area contributed by atoms with Gasteiger partial charge in [0.25, 0.3) is 5.91 Å². The van der Waals surface area contributed by atoms with E-state index in [1.807, 2.05) is 17.0 Å². The van der Waals surface area contributed by atoms with Crippen molar-refractivity contribution in [1.29, 1.82) is 0 Å². The number of hydrogen-bond acceptors (Lipinski definition) is 4. The molecule has 1 fully saturated rings. The number of fused-ring (bicyclic) bond motifs is 1. The Morgan fingerprint density at radius 3 is 3.00 bits per heavy atom. The molecule has 2 amide bonds. The predicted molar refractivity (Wildman–Crippen MR) is 87.1 cm³/mol. The average Bonchev–Trinajstić information content (AvgIpc) is 2.55. The van der Waals surface area contributed by atoms with Crippen molar-refractivity contribution >= 4 is 17.5 Å². The lowest BCUT2D eigenvalue weighted by molar-refractivity contribution is -0.140. The zero-order valence-corrected chi connectivity index (χ0v) is 13.3. The Morgan fingerprint density at radius 1 is 1.43 bits per heavy atom. The normalized spacial score (nSPS) is 27.0. The number of para-hydroxylation sites is 2. The maximum Gasteiger partial charge on any atom is 0.266 e. The van der Waals surface area contributed by atoms with Gasteiger partial charge in [-0.25, -0.2) is 0 Å². The summed E-state index contributed by atoms with van der Waals surface area (Å²) in [6.07, 6.45) is 1.16. The van der Waals surface area contributed by atoms with Crippen LogP contribution in [0.3, 0.4) is 0 Å². The number of amides is 2. The molecule has 124 valence electrons. The van der Waals surface area contributed by atoms with Gasteiger partial charge in [0.15, 0.2) is 6.10 Å². The summed E-state index contributed by atoms with van der Waals surface area (Å²) < 4.78 is 5.70. The zero-order chi connectivity index (χ0) is 16.4. The highest BCUT2D eigenvalue weighted by atomic mass is 16.5. The number of nitrogens with two attached hydrogens (primary N) is 1. The van der Waals surface area contributed by atoms with Crippen LogP contribution in [0.2, 0.25) is 0 Å². The standard InChI is InChI=1S/C17H23N3O3/c1-11-6-7-20(12(8-11)10-18)16(21)9-15-17(22)19-13-4-2-3-5-14(13)23-15/h2-5,11-12,15H,6-10,18H2,1H3,(H,19,22). The van der Waals surface area contributed by atoms with Crippen molar-refractivity contribution in [3.05, 3.63) is 24.3 Å². The van der Waals surface area contributed by atoms with Gasteiger partial charge in [0.2, 0.25) is 5.91 Å². The predicted octanol–water partition coefficient (Wildman–Crippen LogP) is 1.36. The maximum atomic E-state index is 12.6. The molecule has 2 heterocycles. The van der Waals surface area contributed by atoms with E-state index in [0.717, 1.165) is 12.8 Å². The number of carbonyl (C=O) groups is 2. The molecule has 3 unspecified atom stereocenters. The van der Waals surface area contributed by atoms with Crippen molar-refractivity contribution in [2.24, 2.45) is 11.7 Å². The Balaban J connectivity index is 1.67. The van der Waals surface area contributed by atoms with Gasteiger partial charge in [-0.1, -0.05) is 19.1 Å². The van der Waals surface area contributed by atoms with E-state index in [1.165, 1.54) is 0 Å². The number of nitrogens with one attached hydrogen (secondary N) is 1. The number of piperidine rings is 1. The minimum atomic E-state index is -0.782. The van der Waals surface area contributed by atoms with Gasteiger partial charge in [0.1, 0.15) is 5.75 Å². The van der Waals surface area contributed by atoms with Gasteiger partial charge in [-0.2, -0.15) is 0 Å². The monoisotopic (exact) mass is 317 g/mol. The van der Waals surface area contributed by atoms with Crippen molar-refractivity contribution in [1.82, 2.24) is 4.90 Å². The van der Waals surface area contributed by atoms with Crippen LogP contribution in [-0.2, 0) is 9.59 Å². The van der Waals surface area contributed by atoms with E-state index in [9.17, 15) is 9.59 Å². The molecule has 0 aromatic heterocycles. The van der Waals surface area contributed by atoms with Crippen molar-refractivity contribution in [3.63, 3.8) is 0 Å². The highest BCUT2D eigenvalue weighted by Gasteiger charge is 2.34. The summed E-state index contributed by atoms with van der Waals surface area (Å²) in [6, 6.07) is 7.30. The van der Waals surface area contributed by atoms with E-state index in [4.69, 9.17) is 10.5 Å². The summed E-state index contributed by atoms with van der Waals surface area (Å²) in [7, 11) is 0. The highest BCUT2D eigenvalue weighted by Crippen LogP contribution is 2.30. The molecule has 3 atom stereocenters. The van der Waals surface area contributed by atoms with Crippen LogP contribution in [0.1, 0.15) is 26.2 Å². The van der Waals surface area contributed by atoms with Crippen LogP contribution in [0, 0.1) is 5.92 Å². The number of nitrogens with zero attached hydrogens (tertiary/aromatic N) is 1. The Morgan fingerprint density at radius 2 is 2.22 bits per heavy atom. The summed E-state index contributed by atoms with van der Waals surface area (Å²) >= 11 is 0. The first-order valence-corrected chi connectivity index (χ1v) is 8.14. The number of benzene rings is 1. The Bertz CT molecular complexity index is 605. The van der Waals surface area contributed by atoms with Gasteiger partial charge in [0, 0.05) is 19.1 Å². The lowest BCUT2D eigenvalue weighted by atomic mass is 9.92. The third-order valence-electron chi connectivity index (χ3n) is 4.64. The number of anilines is 1. The van der Waals surface area contributed by atoms with Crippen LogP contribution in [0.4, 0.5) is 5.69 Å². The number of carbonyl (C=O) groups excluding carboxylic acids is 2. The molecule has 1 aromatic carbocycles. The summed E-state index contributed by atoms with van der Waals surface area (Å²) in [5.74, 6) is 0.847. The van der Waals surface area contributed by atoms with Gasteiger partial charge >= 0.3 is 0 Å². The van der Waals surface area contributed by atoms with Gasteiger partial charge in [-0.05, 0) is 30.9 Å². The van der Waals surface area contributed by atoms with E-state index in [-0.39, 0.29) is 24.3 Å². The number of ether oxygens (including phenoxy) is 1. The first kappa shape index (κ1) is 15.8. The molecule has 2 aliphatic rings. The first-order valence-electron chi connectivity index (χ1n) is 8.14. The summed E-state index contributed by atoms with van der Waals surface area (Å²) in [4.78, 5) is 26.6. The SMILES string of the molecule is CC1CCN(C(=O)CC2Oc3ccccc3NC2=O)C(CN)C1. The van der Waals surface area contributed by atoms with Gasteiger partial charge in [-0.15, -0.1) is 0 Å². The van der Waals surface area contributed by atoms with Crippen LogP contribution < -0.4 is 15.8 Å². The average molecular weight is 317 g/mol. The van der Waals surface area contributed by atoms with Crippen molar-refractivity contribution < 1.29 is 14.3 Å². The van der Waals surface area contributed by atoms with Crippen LogP contribution in [-0.4, -0.2) is 41.9 Å². The molecule has 0 bridgehead atoms. The molecular weight excluding hydrogens is 294 g/mol. The molecule has 3 N–H and O–H groups in total. The minimum Gasteiger partial charge on any atom is -0.478 e. The molecule has 6 heteroatoms. The highest BCUT2D eigenvalue weighted by molar-refractivity contribution is 5.99. The molecule has 0 radical (unpaired) electrons. The quantitative estimate of drug-likeness (QED) is 0.881. The van der Waals surface area contributed by atoms with Crippen LogP contribution in [0.5, 0.6) is 5.75 Å². The van der Waals surface area contributed by atoms with Gasteiger partial charge in [-0.3, -0.25) is 9.59 Å². The van der Waals surface area contributed by atoms with Crippen molar-refractivity contribution in [2.75, 3.05) is 18.4 Å². The maximum absolute atomic E-state index is 12.6. The third kappa shape index (κ3) is 3.32. The van der Waals surface area contributed by atoms with E-state index in [0.29, 0.717) is 30.4 Å². The second-order valence-electron chi connectivity index (χ2n) is 6.40. The Hall–Kier alpha value is -2.08. The van der Waals surface area contributed by atoms with Crippen LogP contribution >= 0.6 is 0 Å². The molecule has 3 rings (SSSR count). The lowest BCUT2D eigenvalue weighted by Gasteiger charge is -2.38. The summed E-state index contributed by atoms with van der Waals surface area (Å²) in [5, 5.41) is 2.79. The second kappa shape index (κ2) is 6.58. The fraction of sp³-hybridized carbons (Fsp3) is 0.529. The summed E-state index contributed by atoms with van der Waals surface area (Å²) in [5.41, 5.74) is 6.46. The van der Waals surface area contributed by atoms with Gasteiger partial charge in [0.05, 0.1) is 12.1 Å². The molecule has 1 aromatic rings. The molecule has 1 saturated heterocycles. The van der Waals surface area contributed by atoms with Crippen LogP contribution in [0.15, 0.2) is 24.3 Å². The lowest BCUT2D eigenvalue weighted by Crippen LogP contribution is -2.51. The molecule has 2 aliphatic heterocycles. The molecule has 6 nitrogen and oxygen atoms in total. The second-order valence-corrected chi connectivity index (χ2v) is 6.40. The smallest absolute Gasteiger partial charge is 0.266 e.